The molecular formula is C17H23ClN4O2. The van der Waals surface area contributed by atoms with E-state index in [1.165, 1.54) is 18.4 Å². The number of hydrogen-bond donors (Lipinski definition) is 2. The van der Waals surface area contributed by atoms with Crippen LogP contribution >= 0.6 is 11.6 Å². The second kappa shape index (κ2) is 6.86. The molecule has 130 valence electrons. The van der Waals surface area contributed by atoms with Crippen molar-refractivity contribution in [2.45, 2.75) is 63.8 Å². The van der Waals surface area contributed by atoms with E-state index < -0.39 is 0 Å². The molecule has 6 nitrogen and oxygen atoms in total. The first-order valence-corrected chi connectivity index (χ1v) is 9.12. The van der Waals surface area contributed by atoms with Crippen LogP contribution in [0.2, 0.25) is 5.02 Å². The van der Waals surface area contributed by atoms with E-state index in [0.29, 0.717) is 17.5 Å². The smallest absolute Gasteiger partial charge is 0.140 e. The zero-order valence-electron chi connectivity index (χ0n) is 13.6. The summed E-state index contributed by atoms with van der Waals surface area (Å²) < 4.78 is 7.31. The largest absolute Gasteiger partial charge is 0.391 e. The Bertz CT molecular complexity index is 699. The first-order chi connectivity index (χ1) is 11.7. The predicted molar refractivity (Wildman–Crippen MR) is 89.7 cm³/mol. The highest BCUT2D eigenvalue weighted by molar-refractivity contribution is 6.30. The molecule has 0 bridgehead atoms. The topological polar surface area (TPSA) is 76.1 Å². The molecule has 2 aliphatic carbocycles. The Morgan fingerprint density at radius 1 is 1.33 bits per heavy atom. The fourth-order valence-electron chi connectivity index (χ4n) is 4.01. The summed E-state index contributed by atoms with van der Waals surface area (Å²) in [6, 6.07) is 0.0944. The third kappa shape index (κ3) is 3.36. The number of halogens is 1. The van der Waals surface area contributed by atoms with Gasteiger partial charge in [-0.15, -0.1) is 0 Å². The van der Waals surface area contributed by atoms with Crippen molar-refractivity contribution in [2.75, 3.05) is 0 Å². The lowest BCUT2D eigenvalue weighted by Gasteiger charge is -2.16. The van der Waals surface area contributed by atoms with Gasteiger partial charge in [-0.1, -0.05) is 16.8 Å². The number of nitrogens with zero attached hydrogens (tertiary/aromatic N) is 3. The van der Waals surface area contributed by atoms with Crippen molar-refractivity contribution in [2.24, 2.45) is 5.92 Å². The van der Waals surface area contributed by atoms with Crippen LogP contribution in [0.5, 0.6) is 0 Å². The van der Waals surface area contributed by atoms with Crippen LogP contribution < -0.4 is 5.32 Å². The van der Waals surface area contributed by atoms with Crippen molar-refractivity contribution < 1.29 is 9.63 Å². The molecule has 2 heterocycles. The molecule has 0 saturated heterocycles. The van der Waals surface area contributed by atoms with E-state index in [2.05, 4.69) is 15.6 Å². The Morgan fingerprint density at radius 2 is 2.21 bits per heavy atom. The Hall–Kier alpha value is -1.37. The fraction of sp³-hybridized carbons (Fsp3) is 0.647. The van der Waals surface area contributed by atoms with E-state index in [9.17, 15) is 5.11 Å². The molecule has 2 aliphatic rings. The minimum absolute atomic E-state index is 0.0944. The lowest BCUT2D eigenvalue weighted by atomic mass is 9.96. The van der Waals surface area contributed by atoms with Crippen molar-refractivity contribution in [1.29, 1.82) is 0 Å². The molecule has 0 aromatic carbocycles. The molecule has 24 heavy (non-hydrogen) atoms. The lowest BCUT2D eigenvalue weighted by molar-refractivity contribution is 0.145. The quantitative estimate of drug-likeness (QED) is 0.865. The molecule has 1 saturated carbocycles. The normalized spacial score (nSPS) is 26.7. The summed E-state index contributed by atoms with van der Waals surface area (Å²) >= 11 is 5.91. The molecular weight excluding hydrogens is 328 g/mol. The predicted octanol–water partition coefficient (Wildman–Crippen LogP) is 2.33. The number of aliphatic hydroxyl groups excluding tert-OH is 1. The summed E-state index contributed by atoms with van der Waals surface area (Å²) in [5, 5.41) is 22.9. The molecule has 2 N–H and O–H groups in total. The van der Waals surface area contributed by atoms with Gasteiger partial charge in [-0.2, -0.15) is 5.10 Å². The maximum Gasteiger partial charge on any atom is 0.140 e. The van der Waals surface area contributed by atoms with Crippen LogP contribution in [0.15, 0.2) is 16.9 Å². The number of nitrogens with one attached hydrogen (secondary N) is 1. The summed E-state index contributed by atoms with van der Waals surface area (Å²) in [4.78, 5) is 0. The van der Waals surface area contributed by atoms with Crippen molar-refractivity contribution >= 4 is 11.6 Å². The van der Waals surface area contributed by atoms with Gasteiger partial charge in [0, 0.05) is 37.3 Å². The zero-order valence-corrected chi connectivity index (χ0v) is 14.4. The second-order valence-electron chi connectivity index (χ2n) is 7.01. The van der Waals surface area contributed by atoms with Crippen molar-refractivity contribution in [3.05, 3.63) is 34.4 Å². The molecule has 0 amide bonds. The van der Waals surface area contributed by atoms with Crippen LogP contribution in [0, 0.1) is 5.92 Å². The van der Waals surface area contributed by atoms with E-state index >= 15 is 0 Å². The van der Waals surface area contributed by atoms with Gasteiger partial charge in [0.05, 0.1) is 17.3 Å². The molecule has 4 rings (SSSR count). The second-order valence-corrected chi connectivity index (χ2v) is 7.45. The average Bonchev–Trinajstić information content (AvgIpc) is 3.25. The minimum Gasteiger partial charge on any atom is -0.391 e. The monoisotopic (exact) mass is 350 g/mol. The molecule has 0 aliphatic heterocycles. The molecule has 2 aromatic rings. The third-order valence-corrected chi connectivity index (χ3v) is 5.43. The van der Waals surface area contributed by atoms with E-state index in [4.69, 9.17) is 16.1 Å². The van der Waals surface area contributed by atoms with Gasteiger partial charge in [0.2, 0.25) is 0 Å². The lowest BCUT2D eigenvalue weighted by Crippen LogP contribution is -2.35. The molecule has 1 fully saturated rings. The number of aryl methyl sites for hydroxylation is 1. The Morgan fingerprint density at radius 3 is 3.04 bits per heavy atom. The van der Waals surface area contributed by atoms with E-state index in [0.717, 1.165) is 43.7 Å². The van der Waals surface area contributed by atoms with E-state index in [-0.39, 0.29) is 12.1 Å². The minimum atomic E-state index is -0.330. The number of rotatable bonds is 5. The highest BCUT2D eigenvalue weighted by atomic mass is 35.5. The highest BCUT2D eigenvalue weighted by Gasteiger charge is 2.33. The summed E-state index contributed by atoms with van der Waals surface area (Å²) in [6.45, 7) is 1.46. The van der Waals surface area contributed by atoms with Gasteiger partial charge in [0.15, 0.2) is 0 Å². The maximum absolute atomic E-state index is 10.3. The number of aliphatic hydroxyl groups is 1. The Balaban J connectivity index is 1.33. The van der Waals surface area contributed by atoms with Gasteiger partial charge in [-0.25, -0.2) is 0 Å². The summed E-state index contributed by atoms with van der Waals surface area (Å²) in [7, 11) is 0. The van der Waals surface area contributed by atoms with Gasteiger partial charge in [0.1, 0.15) is 11.5 Å². The summed E-state index contributed by atoms with van der Waals surface area (Å²) in [6.07, 6.45) is 9.33. The van der Waals surface area contributed by atoms with Gasteiger partial charge in [0.25, 0.3) is 0 Å². The zero-order chi connectivity index (χ0) is 16.5. The third-order valence-electron chi connectivity index (χ3n) is 5.24. The number of aromatic nitrogens is 3. The van der Waals surface area contributed by atoms with Crippen LogP contribution in [-0.2, 0) is 25.9 Å². The highest BCUT2D eigenvalue weighted by Crippen LogP contribution is 2.29. The van der Waals surface area contributed by atoms with Crippen LogP contribution in [0.1, 0.15) is 42.7 Å². The maximum atomic E-state index is 10.3. The first kappa shape index (κ1) is 16.1. The van der Waals surface area contributed by atoms with Crippen molar-refractivity contribution in [3.8, 4) is 0 Å². The first-order valence-electron chi connectivity index (χ1n) is 8.74. The SMILES string of the molecule is O[C@@H]1CC(Cn2cc(Cl)cn2)C[C@H]1NCc1noc2c1CCCC2. The van der Waals surface area contributed by atoms with E-state index in [1.54, 1.807) is 6.20 Å². The van der Waals surface area contributed by atoms with Crippen LogP contribution in [-0.4, -0.2) is 32.2 Å². The van der Waals surface area contributed by atoms with Gasteiger partial charge in [-0.3, -0.25) is 4.68 Å². The van der Waals surface area contributed by atoms with Crippen LogP contribution in [0.4, 0.5) is 0 Å². The number of fused-ring (bicyclic) bond motifs is 1. The van der Waals surface area contributed by atoms with Gasteiger partial charge < -0.3 is 14.9 Å². The molecule has 7 heteroatoms. The molecule has 0 spiro atoms. The molecule has 3 atom stereocenters. The van der Waals surface area contributed by atoms with Crippen LogP contribution in [0.25, 0.3) is 0 Å². The van der Waals surface area contributed by atoms with Crippen molar-refractivity contribution in [1.82, 2.24) is 20.3 Å². The molecule has 0 radical (unpaired) electrons. The standard InChI is InChI=1S/C17H23ClN4O2/c18-12-7-20-22(10-12)9-11-5-14(16(23)6-11)19-8-15-13-3-1-2-4-17(13)24-21-15/h7,10-11,14,16,19,23H,1-6,8-9H2/t11?,14-,16-/m1/s1. The summed E-state index contributed by atoms with van der Waals surface area (Å²) in [5.41, 5.74) is 2.29. The van der Waals surface area contributed by atoms with Gasteiger partial charge >= 0.3 is 0 Å². The van der Waals surface area contributed by atoms with Gasteiger partial charge in [-0.05, 0) is 38.0 Å². The van der Waals surface area contributed by atoms with Crippen molar-refractivity contribution in [3.63, 3.8) is 0 Å². The summed E-state index contributed by atoms with van der Waals surface area (Å²) in [5.74, 6) is 1.46. The Labute approximate surface area is 146 Å². The molecule has 2 aromatic heterocycles. The van der Waals surface area contributed by atoms with E-state index in [1.807, 2.05) is 10.9 Å². The Kier molecular flexibility index (Phi) is 4.61. The van der Waals surface area contributed by atoms with Crippen LogP contribution in [0.3, 0.4) is 0 Å². The number of hydrogen-bond acceptors (Lipinski definition) is 5. The fourth-order valence-corrected chi connectivity index (χ4v) is 4.16. The average molecular weight is 351 g/mol. The molecule has 1 unspecified atom stereocenters.